The van der Waals surface area contributed by atoms with E-state index in [4.69, 9.17) is 4.43 Å². The van der Waals surface area contributed by atoms with Crippen LogP contribution in [0.1, 0.15) is 24.4 Å². The van der Waals surface area contributed by atoms with Gasteiger partial charge in [0.25, 0.3) is 0 Å². The average Bonchev–Trinajstić information content (AvgIpc) is 2.58. The van der Waals surface area contributed by atoms with Crippen molar-refractivity contribution in [3.63, 3.8) is 0 Å². The molecule has 0 fully saturated rings. The van der Waals surface area contributed by atoms with Crippen LogP contribution in [0.3, 0.4) is 0 Å². The third kappa shape index (κ3) is 4.45. The molecule has 3 rings (SSSR count). The van der Waals surface area contributed by atoms with Gasteiger partial charge in [-0.25, -0.2) is 19.9 Å². The molecular weight excluding hydrogens is 330 g/mol. The number of hydrogen-bond acceptors (Lipinski definition) is 6. The van der Waals surface area contributed by atoms with Crippen molar-refractivity contribution in [1.29, 1.82) is 0 Å². The molecule has 0 amide bonds. The Morgan fingerprint density at radius 3 is 2.64 bits per heavy atom. The van der Waals surface area contributed by atoms with E-state index < -0.39 is 8.32 Å². The third-order valence-corrected chi connectivity index (χ3v) is 4.28. The van der Waals surface area contributed by atoms with E-state index >= 15 is 0 Å². The van der Waals surface area contributed by atoms with Gasteiger partial charge in [-0.3, -0.25) is 4.99 Å². The molecule has 0 bridgehead atoms. The number of benzene rings is 1. The van der Waals surface area contributed by atoms with E-state index in [0.717, 1.165) is 11.3 Å². The van der Waals surface area contributed by atoms with E-state index in [9.17, 15) is 0 Å². The fourth-order valence-electron chi connectivity index (χ4n) is 2.35. The lowest BCUT2D eigenvalue weighted by molar-refractivity contribution is 0.543. The normalized spacial score (nSPS) is 13.3. The Balaban J connectivity index is 1.83. The van der Waals surface area contributed by atoms with Crippen LogP contribution in [0.4, 0.5) is 0 Å². The molecule has 6 nitrogen and oxygen atoms in total. The van der Waals surface area contributed by atoms with Crippen LogP contribution in [0.25, 0.3) is 11.2 Å². The minimum absolute atomic E-state index is 0.0614. The summed E-state index contributed by atoms with van der Waals surface area (Å²) in [6.45, 7) is 8.54. The van der Waals surface area contributed by atoms with Crippen molar-refractivity contribution in [1.82, 2.24) is 19.9 Å². The van der Waals surface area contributed by atoms with E-state index in [2.05, 4.69) is 44.6 Å². The maximum absolute atomic E-state index is 6.18. The van der Waals surface area contributed by atoms with Crippen molar-refractivity contribution in [3.05, 3.63) is 54.2 Å². The Kier molecular flexibility index (Phi) is 4.85. The summed E-state index contributed by atoms with van der Waals surface area (Å²) in [6.07, 6.45) is 6.56. The van der Waals surface area contributed by atoms with E-state index in [1.54, 1.807) is 24.8 Å². The summed E-state index contributed by atoms with van der Waals surface area (Å²) in [4.78, 5) is 21.6. The van der Waals surface area contributed by atoms with E-state index in [1.807, 2.05) is 31.2 Å². The van der Waals surface area contributed by atoms with Gasteiger partial charge in [-0.1, -0.05) is 18.2 Å². The highest BCUT2D eigenvalue weighted by Gasteiger charge is 2.19. The van der Waals surface area contributed by atoms with Crippen LogP contribution in [-0.4, -0.2) is 34.5 Å². The minimum atomic E-state index is -1.68. The van der Waals surface area contributed by atoms with Crippen LogP contribution in [0.5, 0.6) is 5.75 Å². The first-order valence-corrected chi connectivity index (χ1v) is 11.6. The zero-order valence-corrected chi connectivity index (χ0v) is 15.8. The van der Waals surface area contributed by atoms with Gasteiger partial charge >= 0.3 is 0 Å². The van der Waals surface area contributed by atoms with Crippen molar-refractivity contribution in [2.24, 2.45) is 4.99 Å². The molecule has 0 saturated carbocycles. The summed E-state index contributed by atoms with van der Waals surface area (Å²) in [7, 11) is -1.68. The van der Waals surface area contributed by atoms with Gasteiger partial charge in [0.15, 0.2) is 11.5 Å². The Labute approximate surface area is 148 Å². The lowest BCUT2D eigenvalue weighted by atomic mass is 10.1. The lowest BCUT2D eigenvalue weighted by Gasteiger charge is -2.22. The zero-order chi connectivity index (χ0) is 17.9. The van der Waals surface area contributed by atoms with Gasteiger partial charge in [0.2, 0.25) is 8.32 Å². The lowest BCUT2D eigenvalue weighted by Crippen LogP contribution is -2.29. The zero-order valence-electron chi connectivity index (χ0n) is 14.8. The molecule has 0 spiro atoms. The van der Waals surface area contributed by atoms with Crippen LogP contribution in [0.2, 0.25) is 19.6 Å². The highest BCUT2D eigenvalue weighted by Crippen LogP contribution is 2.29. The molecule has 0 aliphatic rings. The summed E-state index contributed by atoms with van der Waals surface area (Å²) in [6, 6.07) is 7.97. The van der Waals surface area contributed by atoms with Crippen LogP contribution in [0, 0.1) is 0 Å². The van der Waals surface area contributed by atoms with Crippen molar-refractivity contribution in [3.8, 4) is 5.75 Å². The molecule has 25 heavy (non-hydrogen) atoms. The van der Waals surface area contributed by atoms with Crippen molar-refractivity contribution >= 4 is 25.7 Å². The van der Waals surface area contributed by atoms with Crippen LogP contribution < -0.4 is 4.43 Å². The Hall–Kier alpha value is -2.67. The number of aromatic nitrogens is 4. The third-order valence-electron chi connectivity index (χ3n) is 3.44. The predicted molar refractivity (Wildman–Crippen MR) is 102 cm³/mol. The molecule has 3 aromatic rings. The number of hydrogen-bond donors (Lipinski definition) is 0. The number of rotatable bonds is 5. The molecule has 0 aliphatic carbocycles. The molecule has 7 heteroatoms. The second-order valence-electron chi connectivity index (χ2n) is 6.70. The fraction of sp³-hybridized carbons (Fsp3) is 0.278. The molecule has 2 aromatic heterocycles. The Morgan fingerprint density at radius 1 is 1.08 bits per heavy atom. The van der Waals surface area contributed by atoms with Gasteiger partial charge in [-0.2, -0.15) is 0 Å². The molecular formula is C18H21N5OSi. The number of nitrogens with zero attached hydrogens (tertiary/aromatic N) is 5. The fourth-order valence-corrected chi connectivity index (χ4v) is 3.20. The van der Waals surface area contributed by atoms with Gasteiger partial charge in [-0.15, -0.1) is 0 Å². The topological polar surface area (TPSA) is 73.2 Å². The van der Waals surface area contributed by atoms with Crippen LogP contribution in [-0.2, 0) is 0 Å². The summed E-state index contributed by atoms with van der Waals surface area (Å²) in [5, 5.41) is 0. The molecule has 0 radical (unpaired) electrons. The molecule has 1 aromatic carbocycles. The molecule has 0 saturated heterocycles. The predicted octanol–water partition coefficient (Wildman–Crippen LogP) is 3.81. The van der Waals surface area contributed by atoms with Crippen LogP contribution in [0.15, 0.2) is 47.8 Å². The molecule has 1 unspecified atom stereocenters. The quantitative estimate of drug-likeness (QED) is 0.516. The number of fused-ring (bicyclic) bond motifs is 1. The van der Waals surface area contributed by atoms with E-state index in [1.165, 1.54) is 0 Å². The second kappa shape index (κ2) is 7.06. The minimum Gasteiger partial charge on any atom is -0.544 e. The Morgan fingerprint density at radius 2 is 1.84 bits per heavy atom. The molecule has 0 aliphatic heterocycles. The molecule has 0 N–H and O–H groups in total. The van der Waals surface area contributed by atoms with Gasteiger partial charge in [0.1, 0.15) is 11.3 Å². The monoisotopic (exact) mass is 351 g/mol. The first kappa shape index (κ1) is 17.2. The molecule has 1 atom stereocenters. The average molecular weight is 351 g/mol. The maximum atomic E-state index is 6.18. The largest absolute Gasteiger partial charge is 0.544 e. The van der Waals surface area contributed by atoms with Gasteiger partial charge in [-0.05, 0) is 32.6 Å². The highest BCUT2D eigenvalue weighted by atomic mass is 28.4. The van der Waals surface area contributed by atoms with E-state index in [0.29, 0.717) is 17.0 Å². The number of aliphatic imine (C=N–C) groups is 1. The second-order valence-corrected chi connectivity index (χ2v) is 11.1. The summed E-state index contributed by atoms with van der Waals surface area (Å²) >= 11 is 0. The first-order chi connectivity index (χ1) is 11.9. The SMILES string of the molecule is CC(N=Cc1ncc2nccnc2n1)c1ccccc1O[Si](C)(C)C. The Bertz CT molecular complexity index is 907. The summed E-state index contributed by atoms with van der Waals surface area (Å²) in [5.74, 6) is 1.42. The van der Waals surface area contributed by atoms with E-state index in [-0.39, 0.29) is 6.04 Å². The van der Waals surface area contributed by atoms with Crippen LogP contribution >= 0.6 is 0 Å². The first-order valence-electron chi connectivity index (χ1n) is 8.17. The van der Waals surface area contributed by atoms with Crippen molar-refractivity contribution in [2.45, 2.75) is 32.6 Å². The standard InChI is InChI=1S/C18H21N5OSi/c1-13(14-7-5-6-8-16(14)24-25(2,3)4)21-12-17-22-11-15-18(23-17)20-10-9-19-15/h5-13H,1-4H3. The smallest absolute Gasteiger partial charge is 0.242 e. The molecule has 2 heterocycles. The number of para-hydroxylation sites is 1. The highest BCUT2D eigenvalue weighted by molar-refractivity contribution is 6.70. The maximum Gasteiger partial charge on any atom is 0.242 e. The van der Waals surface area contributed by atoms with Gasteiger partial charge in [0.05, 0.1) is 18.5 Å². The summed E-state index contributed by atoms with van der Waals surface area (Å²) < 4.78 is 6.18. The molecule has 128 valence electrons. The summed E-state index contributed by atoms with van der Waals surface area (Å²) in [5.41, 5.74) is 2.29. The van der Waals surface area contributed by atoms with Gasteiger partial charge < -0.3 is 4.43 Å². The van der Waals surface area contributed by atoms with Crippen molar-refractivity contribution < 1.29 is 4.43 Å². The van der Waals surface area contributed by atoms with Gasteiger partial charge in [0, 0.05) is 18.0 Å². The van der Waals surface area contributed by atoms with Crippen molar-refractivity contribution in [2.75, 3.05) is 0 Å².